The molecule has 0 saturated heterocycles. The van der Waals surface area contributed by atoms with E-state index >= 15 is 0 Å². The molecule has 0 fully saturated rings. The van der Waals surface area contributed by atoms with E-state index < -0.39 is 10.0 Å². The Hall–Kier alpha value is -2.00. The number of halogens is 1. The van der Waals surface area contributed by atoms with Crippen molar-refractivity contribution >= 4 is 32.7 Å². The summed E-state index contributed by atoms with van der Waals surface area (Å²) in [6.07, 6.45) is 0.430. The lowest BCUT2D eigenvalue weighted by atomic mass is 10.0. The number of hydrogen-bond acceptors (Lipinski definition) is 6. The average Bonchev–Trinajstić information content (AvgIpc) is 3.28. The molecule has 2 aromatic carbocycles. The summed E-state index contributed by atoms with van der Waals surface area (Å²) in [6.45, 7) is 2.94. The van der Waals surface area contributed by atoms with Gasteiger partial charge in [-0.15, -0.1) is 0 Å². The Labute approximate surface area is 161 Å². The summed E-state index contributed by atoms with van der Waals surface area (Å²) in [6, 6.07) is 11.1. The fraction of sp³-hybridized carbons (Fsp3) is 0.333. The summed E-state index contributed by atoms with van der Waals surface area (Å²) in [5.41, 5.74) is 2.76. The fourth-order valence-electron chi connectivity index (χ4n) is 3.39. The number of aromatic nitrogens is 2. The predicted octanol–water partition coefficient (Wildman–Crippen LogP) is 3.55. The van der Waals surface area contributed by atoms with Crippen LogP contribution >= 0.6 is 11.6 Å². The number of benzene rings is 2. The maximum atomic E-state index is 13.2. The van der Waals surface area contributed by atoms with Crippen LogP contribution in [-0.2, 0) is 21.4 Å². The molecule has 0 saturated carbocycles. The summed E-state index contributed by atoms with van der Waals surface area (Å²) in [4.78, 5) is -0.0718. The van der Waals surface area contributed by atoms with Gasteiger partial charge in [-0.2, -0.15) is 4.31 Å². The normalized spacial score (nSPS) is 16.9. The second-order valence-corrected chi connectivity index (χ2v) is 8.57. The molecule has 9 heteroatoms. The largest absolute Gasteiger partial charge is 0.369 e. The Morgan fingerprint density at radius 1 is 1.22 bits per heavy atom. The van der Waals surface area contributed by atoms with E-state index in [0.29, 0.717) is 31.6 Å². The van der Waals surface area contributed by atoms with Crippen LogP contribution in [0.1, 0.15) is 30.6 Å². The smallest absolute Gasteiger partial charge is 0.246 e. The van der Waals surface area contributed by atoms with Gasteiger partial charge in [-0.1, -0.05) is 42.8 Å². The van der Waals surface area contributed by atoms with E-state index in [0.717, 1.165) is 11.1 Å². The van der Waals surface area contributed by atoms with Crippen molar-refractivity contribution in [2.75, 3.05) is 13.1 Å². The predicted molar refractivity (Wildman–Crippen MR) is 99.8 cm³/mol. The van der Waals surface area contributed by atoms with Crippen molar-refractivity contribution in [1.29, 1.82) is 0 Å². The lowest BCUT2D eigenvalue weighted by Crippen LogP contribution is -2.33. The van der Waals surface area contributed by atoms with Crippen molar-refractivity contribution in [2.24, 2.45) is 0 Å². The standard InChI is InChI=1S/C18H18ClN3O4S/c1-2-22(10-9-16-13-6-4-3-5-12(13)11-25-16)27(23,24)18-14(19)7-8-15-17(18)21-26-20-15/h3-8,16H,2,9-11H2,1H3. The third kappa shape index (κ3) is 3.23. The van der Waals surface area contributed by atoms with Crippen molar-refractivity contribution in [3.8, 4) is 0 Å². The molecule has 1 unspecified atom stereocenters. The first kappa shape index (κ1) is 18.4. The zero-order valence-electron chi connectivity index (χ0n) is 14.6. The van der Waals surface area contributed by atoms with Gasteiger partial charge in [0.15, 0.2) is 5.52 Å². The van der Waals surface area contributed by atoms with Crippen LogP contribution in [0.25, 0.3) is 11.0 Å². The summed E-state index contributed by atoms with van der Waals surface area (Å²) < 4.78 is 38.4. The lowest BCUT2D eigenvalue weighted by Gasteiger charge is -2.22. The molecule has 1 atom stereocenters. The van der Waals surface area contributed by atoms with Gasteiger partial charge in [-0.3, -0.25) is 0 Å². The van der Waals surface area contributed by atoms with Gasteiger partial charge >= 0.3 is 0 Å². The quantitative estimate of drug-likeness (QED) is 0.621. The number of fused-ring (bicyclic) bond motifs is 2. The van der Waals surface area contributed by atoms with Crippen molar-refractivity contribution in [2.45, 2.75) is 31.0 Å². The highest BCUT2D eigenvalue weighted by Gasteiger charge is 2.31. The molecule has 1 aromatic heterocycles. The molecule has 27 heavy (non-hydrogen) atoms. The Bertz CT molecular complexity index is 1080. The van der Waals surface area contributed by atoms with Crippen molar-refractivity contribution < 1.29 is 17.8 Å². The first-order valence-corrected chi connectivity index (χ1v) is 10.4. The van der Waals surface area contributed by atoms with Gasteiger partial charge in [-0.05, 0) is 40.0 Å². The summed E-state index contributed by atoms with van der Waals surface area (Å²) in [7, 11) is -3.86. The number of nitrogens with zero attached hydrogens (tertiary/aromatic N) is 3. The van der Waals surface area contributed by atoms with Crippen LogP contribution in [0.15, 0.2) is 45.9 Å². The van der Waals surface area contributed by atoms with E-state index in [1.54, 1.807) is 13.0 Å². The lowest BCUT2D eigenvalue weighted by molar-refractivity contribution is 0.0568. The third-order valence-corrected chi connectivity index (χ3v) is 7.24. The Kier molecular flexibility index (Phi) is 4.90. The molecule has 0 radical (unpaired) electrons. The minimum Gasteiger partial charge on any atom is -0.369 e. The van der Waals surface area contributed by atoms with Crippen LogP contribution in [0.5, 0.6) is 0 Å². The fourth-order valence-corrected chi connectivity index (χ4v) is 5.48. The van der Waals surface area contributed by atoms with E-state index in [1.807, 2.05) is 24.3 Å². The molecule has 2 heterocycles. The third-order valence-electron chi connectivity index (χ3n) is 4.77. The minimum absolute atomic E-state index is 0.0718. The molecule has 4 rings (SSSR count). The molecule has 3 aromatic rings. The zero-order valence-corrected chi connectivity index (χ0v) is 16.2. The van der Waals surface area contributed by atoms with Gasteiger partial charge in [0, 0.05) is 13.1 Å². The van der Waals surface area contributed by atoms with E-state index in [-0.39, 0.29) is 21.5 Å². The molecule has 0 aliphatic carbocycles. The summed E-state index contributed by atoms with van der Waals surface area (Å²) in [5.74, 6) is 0. The van der Waals surface area contributed by atoms with Crippen LogP contribution in [0.4, 0.5) is 0 Å². The molecule has 0 bridgehead atoms. The van der Waals surface area contributed by atoms with E-state index in [4.69, 9.17) is 16.3 Å². The molecule has 142 valence electrons. The molecular weight excluding hydrogens is 390 g/mol. The SMILES string of the molecule is CCN(CCC1OCc2ccccc21)S(=O)(=O)c1c(Cl)ccc2nonc12. The number of rotatable bonds is 6. The van der Waals surface area contributed by atoms with Gasteiger partial charge in [0.05, 0.1) is 17.7 Å². The maximum absolute atomic E-state index is 13.2. The monoisotopic (exact) mass is 407 g/mol. The van der Waals surface area contributed by atoms with Crippen LogP contribution in [-0.4, -0.2) is 36.1 Å². The average molecular weight is 408 g/mol. The Balaban J connectivity index is 1.60. The van der Waals surface area contributed by atoms with E-state index in [2.05, 4.69) is 14.9 Å². The second kappa shape index (κ2) is 7.20. The van der Waals surface area contributed by atoms with E-state index in [9.17, 15) is 8.42 Å². The number of sulfonamides is 1. The van der Waals surface area contributed by atoms with Gasteiger partial charge in [0.25, 0.3) is 0 Å². The highest BCUT2D eigenvalue weighted by atomic mass is 35.5. The summed E-state index contributed by atoms with van der Waals surface area (Å²) >= 11 is 6.20. The van der Waals surface area contributed by atoms with Crippen LogP contribution in [0, 0.1) is 0 Å². The molecule has 0 amide bonds. The molecule has 1 aliphatic rings. The van der Waals surface area contributed by atoms with Crippen LogP contribution in [0.2, 0.25) is 5.02 Å². The second-order valence-electron chi connectivity index (χ2n) is 6.29. The number of hydrogen-bond donors (Lipinski definition) is 0. The van der Waals surface area contributed by atoms with Gasteiger partial charge in [-0.25, -0.2) is 13.0 Å². The molecule has 0 N–H and O–H groups in total. The topological polar surface area (TPSA) is 85.5 Å². The van der Waals surface area contributed by atoms with Gasteiger partial charge in [0.1, 0.15) is 10.4 Å². The van der Waals surface area contributed by atoms with Gasteiger partial charge in [0.2, 0.25) is 10.0 Å². The first-order chi connectivity index (χ1) is 13.0. The minimum atomic E-state index is -3.86. The Morgan fingerprint density at radius 2 is 2.04 bits per heavy atom. The van der Waals surface area contributed by atoms with Crippen molar-refractivity contribution in [3.63, 3.8) is 0 Å². The molecule has 7 nitrogen and oxygen atoms in total. The molecular formula is C18H18ClN3O4S. The number of ether oxygens (including phenoxy) is 1. The zero-order chi connectivity index (χ0) is 19.0. The maximum Gasteiger partial charge on any atom is 0.246 e. The van der Waals surface area contributed by atoms with E-state index in [1.165, 1.54) is 10.4 Å². The molecule has 0 spiro atoms. The van der Waals surface area contributed by atoms with Crippen molar-refractivity contribution in [1.82, 2.24) is 14.6 Å². The highest BCUT2D eigenvalue weighted by molar-refractivity contribution is 7.89. The summed E-state index contributed by atoms with van der Waals surface area (Å²) in [5, 5.41) is 7.53. The van der Waals surface area contributed by atoms with Gasteiger partial charge < -0.3 is 4.74 Å². The van der Waals surface area contributed by atoms with Crippen molar-refractivity contribution in [3.05, 3.63) is 52.5 Å². The van der Waals surface area contributed by atoms with Crippen LogP contribution in [0.3, 0.4) is 0 Å². The first-order valence-electron chi connectivity index (χ1n) is 8.62. The molecule has 1 aliphatic heterocycles. The van der Waals surface area contributed by atoms with Crippen LogP contribution < -0.4 is 0 Å². The Morgan fingerprint density at radius 3 is 2.85 bits per heavy atom. The highest BCUT2D eigenvalue weighted by Crippen LogP contribution is 2.35.